The van der Waals surface area contributed by atoms with Gasteiger partial charge in [0.05, 0.1) is 26.8 Å². The van der Waals surface area contributed by atoms with Crippen molar-refractivity contribution in [3.8, 4) is 0 Å². The van der Waals surface area contributed by atoms with Gasteiger partial charge in [0.15, 0.2) is 0 Å². The summed E-state index contributed by atoms with van der Waals surface area (Å²) in [5.41, 5.74) is 2.18. The van der Waals surface area contributed by atoms with Crippen LogP contribution in [-0.2, 0) is 0 Å². The first kappa shape index (κ1) is 22.6. The van der Waals surface area contributed by atoms with Crippen molar-refractivity contribution in [2.75, 3.05) is 30.8 Å². The summed E-state index contributed by atoms with van der Waals surface area (Å²) in [7, 11) is 1.72. The molecule has 168 valence electrons. The lowest BCUT2D eigenvalue weighted by atomic mass is 10.1. The molecule has 0 saturated heterocycles. The molecule has 10 heteroatoms. The fourth-order valence-corrected chi connectivity index (χ4v) is 3.92. The monoisotopic (exact) mass is 482 g/mol. The topological polar surface area (TPSA) is 92.1 Å². The van der Waals surface area contributed by atoms with E-state index in [-0.39, 0.29) is 21.6 Å². The molecule has 0 aliphatic carbocycles. The largest absolute Gasteiger partial charge is 0.383 e. The lowest BCUT2D eigenvalue weighted by Gasteiger charge is -2.18. The number of benzene rings is 2. The van der Waals surface area contributed by atoms with Gasteiger partial charge in [-0.15, -0.1) is 0 Å². The molecule has 0 unspecified atom stereocenters. The highest BCUT2D eigenvalue weighted by molar-refractivity contribution is 6.40. The van der Waals surface area contributed by atoms with Crippen LogP contribution in [0.25, 0.3) is 10.9 Å². The maximum atomic E-state index is 12.8. The molecule has 0 spiro atoms. The number of amides is 2. The number of hydrogen-bond donors (Lipinski definition) is 2. The van der Waals surface area contributed by atoms with E-state index in [0.29, 0.717) is 24.3 Å². The van der Waals surface area contributed by atoms with Crippen LogP contribution in [0.3, 0.4) is 0 Å². The summed E-state index contributed by atoms with van der Waals surface area (Å²) in [5, 5.41) is 7.55. The van der Waals surface area contributed by atoms with Crippen LogP contribution in [0.2, 0.25) is 10.0 Å². The summed E-state index contributed by atoms with van der Waals surface area (Å²) in [6.45, 7) is 0.990. The second-order valence-electron chi connectivity index (χ2n) is 7.21. The summed E-state index contributed by atoms with van der Waals surface area (Å²) in [6.07, 6.45) is 6.29. The Morgan fingerprint density at radius 1 is 1.03 bits per heavy atom. The number of anilines is 2. The summed E-state index contributed by atoms with van der Waals surface area (Å²) in [4.78, 5) is 35.1. The number of rotatable bonds is 6. The summed E-state index contributed by atoms with van der Waals surface area (Å²) < 4.78 is 1.42. The zero-order valence-electron chi connectivity index (χ0n) is 17.6. The molecule has 2 aromatic heterocycles. The van der Waals surface area contributed by atoms with Gasteiger partial charge in [-0.3, -0.25) is 14.3 Å². The third-order valence-corrected chi connectivity index (χ3v) is 5.65. The van der Waals surface area contributed by atoms with E-state index >= 15 is 0 Å². The van der Waals surface area contributed by atoms with Crippen LogP contribution in [0.5, 0.6) is 0 Å². The van der Waals surface area contributed by atoms with Crippen molar-refractivity contribution in [2.45, 2.75) is 0 Å². The van der Waals surface area contributed by atoms with E-state index in [1.807, 2.05) is 18.2 Å². The Hall–Kier alpha value is -3.62. The molecule has 2 N–H and O–H groups in total. The highest BCUT2D eigenvalue weighted by atomic mass is 35.5. The van der Waals surface area contributed by atoms with Gasteiger partial charge in [-0.2, -0.15) is 0 Å². The minimum absolute atomic E-state index is 0.169. The summed E-state index contributed by atoms with van der Waals surface area (Å²) in [5.74, 6) is -0.419. The van der Waals surface area contributed by atoms with Gasteiger partial charge in [0, 0.05) is 49.8 Å². The number of fused-ring (bicyclic) bond motifs is 1. The molecule has 33 heavy (non-hydrogen) atoms. The molecule has 2 heterocycles. The number of aromatic nitrogens is 3. The lowest BCUT2D eigenvalue weighted by Crippen LogP contribution is -2.34. The van der Waals surface area contributed by atoms with Crippen LogP contribution in [0.4, 0.5) is 16.2 Å². The van der Waals surface area contributed by atoms with Crippen LogP contribution in [-0.4, -0.2) is 51.5 Å². The van der Waals surface area contributed by atoms with Gasteiger partial charge in [0.1, 0.15) is 6.33 Å². The number of imidazole rings is 1. The Morgan fingerprint density at radius 3 is 2.52 bits per heavy atom. The van der Waals surface area contributed by atoms with Crippen molar-refractivity contribution >= 4 is 57.4 Å². The Bertz CT molecular complexity index is 1290. The van der Waals surface area contributed by atoms with Crippen LogP contribution in [0, 0.1) is 0 Å². The number of carbonyl (C=O) groups excluding carboxylic acids is 2. The second kappa shape index (κ2) is 9.89. The molecule has 0 saturated carbocycles. The van der Waals surface area contributed by atoms with Crippen molar-refractivity contribution in [2.24, 2.45) is 0 Å². The number of nitrogens with one attached hydrogen (secondary N) is 2. The number of para-hydroxylation sites is 1. The van der Waals surface area contributed by atoms with Gasteiger partial charge in [0.2, 0.25) is 0 Å². The van der Waals surface area contributed by atoms with Crippen LogP contribution >= 0.6 is 23.2 Å². The second-order valence-corrected chi connectivity index (χ2v) is 8.03. The Balaban J connectivity index is 1.49. The Morgan fingerprint density at radius 2 is 1.79 bits per heavy atom. The summed E-state index contributed by atoms with van der Waals surface area (Å²) >= 11 is 12.3. The maximum Gasteiger partial charge on any atom is 0.329 e. The number of halogens is 2. The molecule has 8 nitrogen and oxygen atoms in total. The Kier molecular flexibility index (Phi) is 6.76. The first-order valence-electron chi connectivity index (χ1n) is 10.1. The molecule has 0 fully saturated rings. The molecule has 2 aromatic carbocycles. The summed E-state index contributed by atoms with van der Waals surface area (Å²) in [6, 6.07) is 12.1. The van der Waals surface area contributed by atoms with E-state index < -0.39 is 5.91 Å². The van der Waals surface area contributed by atoms with Gasteiger partial charge in [0.25, 0.3) is 5.91 Å². The number of carbonyl (C=O) groups is 2. The molecule has 4 rings (SSSR count). The standard InChI is InChI=1S/C23H20Cl2N6O2/c1-30(23(33)31-13-10-26-14-31)12-11-27-18-8-9-28-21-15(18)4-2-7-19(21)29-22(32)20-16(24)5-3-6-17(20)25/h2-10,13-14H,11-12H2,1H3,(H,27,28)(H,29,32). The lowest BCUT2D eigenvalue weighted by molar-refractivity contribution is 0.102. The molecular formula is C23H20Cl2N6O2. The van der Waals surface area contributed by atoms with E-state index in [4.69, 9.17) is 23.2 Å². The van der Waals surface area contributed by atoms with Crippen LogP contribution in [0.15, 0.2) is 67.4 Å². The molecule has 0 atom stereocenters. The number of pyridine rings is 1. The number of nitrogens with zero attached hydrogens (tertiary/aromatic N) is 4. The van der Waals surface area contributed by atoms with Crippen molar-refractivity contribution in [3.63, 3.8) is 0 Å². The van der Waals surface area contributed by atoms with Gasteiger partial charge < -0.3 is 15.5 Å². The minimum atomic E-state index is -0.419. The third-order valence-electron chi connectivity index (χ3n) is 5.02. The fourth-order valence-electron chi connectivity index (χ4n) is 3.35. The van der Waals surface area contributed by atoms with Gasteiger partial charge in [-0.05, 0) is 24.3 Å². The maximum absolute atomic E-state index is 12.8. The van der Waals surface area contributed by atoms with E-state index in [1.54, 1.807) is 54.8 Å². The van der Waals surface area contributed by atoms with Gasteiger partial charge in [-0.1, -0.05) is 41.4 Å². The zero-order chi connectivity index (χ0) is 23.4. The predicted octanol–water partition coefficient (Wildman–Crippen LogP) is 5.00. The van der Waals surface area contributed by atoms with E-state index in [1.165, 1.54) is 10.9 Å². The predicted molar refractivity (Wildman–Crippen MR) is 130 cm³/mol. The van der Waals surface area contributed by atoms with Crippen molar-refractivity contribution in [3.05, 3.63) is 83.0 Å². The normalized spacial score (nSPS) is 10.8. The average Bonchev–Trinajstić information content (AvgIpc) is 3.34. The molecule has 0 bridgehead atoms. The molecule has 0 radical (unpaired) electrons. The fraction of sp³-hybridized carbons (Fsp3) is 0.130. The van der Waals surface area contributed by atoms with Crippen LogP contribution < -0.4 is 10.6 Å². The molecule has 2 amide bonds. The van der Waals surface area contributed by atoms with Gasteiger partial charge >= 0.3 is 6.03 Å². The molecule has 4 aromatic rings. The molecular weight excluding hydrogens is 463 g/mol. The highest BCUT2D eigenvalue weighted by Crippen LogP contribution is 2.29. The third kappa shape index (κ3) is 4.92. The van der Waals surface area contributed by atoms with Crippen LogP contribution in [0.1, 0.15) is 10.4 Å². The molecule has 0 aliphatic heterocycles. The Labute approximate surface area is 200 Å². The van der Waals surface area contributed by atoms with E-state index in [2.05, 4.69) is 20.6 Å². The van der Waals surface area contributed by atoms with Crippen molar-refractivity contribution in [1.29, 1.82) is 0 Å². The first-order valence-corrected chi connectivity index (χ1v) is 10.8. The first-order chi connectivity index (χ1) is 16.0. The highest BCUT2D eigenvalue weighted by Gasteiger charge is 2.17. The van der Waals surface area contributed by atoms with Crippen molar-refractivity contribution in [1.82, 2.24) is 19.4 Å². The average molecular weight is 483 g/mol. The minimum Gasteiger partial charge on any atom is -0.383 e. The number of hydrogen-bond acceptors (Lipinski definition) is 5. The smallest absolute Gasteiger partial charge is 0.329 e. The quantitative estimate of drug-likeness (QED) is 0.403. The van der Waals surface area contributed by atoms with E-state index in [0.717, 1.165) is 11.1 Å². The van der Waals surface area contributed by atoms with E-state index in [9.17, 15) is 9.59 Å². The molecule has 0 aliphatic rings. The zero-order valence-corrected chi connectivity index (χ0v) is 19.1. The van der Waals surface area contributed by atoms with Gasteiger partial charge in [-0.25, -0.2) is 9.78 Å². The SMILES string of the molecule is CN(CCNc1ccnc2c(NC(=O)c3c(Cl)cccc3Cl)cccc12)C(=O)n1ccnc1. The number of likely N-dealkylation sites (N-methyl/N-ethyl adjacent to an activating group) is 1. The van der Waals surface area contributed by atoms with Crippen molar-refractivity contribution < 1.29 is 9.59 Å².